The van der Waals surface area contributed by atoms with Crippen LogP contribution in [0.15, 0.2) is 24.5 Å². The zero-order chi connectivity index (χ0) is 11.3. The Morgan fingerprint density at radius 1 is 1.38 bits per heavy atom. The van der Waals surface area contributed by atoms with E-state index in [2.05, 4.69) is 19.4 Å². The topological polar surface area (TPSA) is 30.7 Å². The summed E-state index contributed by atoms with van der Waals surface area (Å²) in [6, 6.07) is 3.57. The van der Waals surface area contributed by atoms with Crippen molar-refractivity contribution in [3.8, 4) is 0 Å². The first-order chi connectivity index (χ1) is 7.70. The lowest BCUT2D eigenvalue weighted by Gasteiger charge is -1.97. The first-order valence-corrected chi connectivity index (χ1v) is 5.44. The van der Waals surface area contributed by atoms with E-state index in [1.165, 1.54) is 6.20 Å². The van der Waals surface area contributed by atoms with Gasteiger partial charge in [-0.3, -0.25) is 0 Å². The van der Waals surface area contributed by atoms with Gasteiger partial charge in [0.15, 0.2) is 11.0 Å². The predicted molar refractivity (Wildman–Crippen MR) is 65.1 cm³/mol. The highest BCUT2D eigenvalue weighted by molar-refractivity contribution is 7.15. The largest absolute Gasteiger partial charge is 0.308 e. The number of pyridine rings is 2. The van der Waals surface area contributed by atoms with Crippen LogP contribution in [0.4, 0.5) is 4.39 Å². The maximum Gasteiger partial charge on any atom is 0.170 e. The number of halogens is 2. The molecular weight excluding hydrogens is 248 g/mol. The lowest BCUT2D eigenvalue weighted by molar-refractivity contribution is 0.635. The second-order valence-electron chi connectivity index (χ2n) is 3.37. The first kappa shape index (κ1) is 9.94. The van der Waals surface area contributed by atoms with Gasteiger partial charge in [0.2, 0.25) is 0 Å². The Hall–Kier alpha value is -1.25. The fraction of sp³-hybridized carbons (Fsp3) is 0. The summed E-state index contributed by atoms with van der Waals surface area (Å²) in [6.45, 7) is 0. The summed E-state index contributed by atoms with van der Waals surface area (Å²) in [5.41, 5.74) is 1.34. The Balaban J connectivity index is 2.68. The van der Waals surface area contributed by atoms with E-state index in [1.54, 1.807) is 16.6 Å². The molecule has 0 radical (unpaired) electrons. The lowest BCUT2D eigenvalue weighted by atomic mass is 10.2. The third kappa shape index (κ3) is 1.17. The van der Waals surface area contributed by atoms with Crippen LogP contribution in [0, 0.1) is 5.82 Å². The van der Waals surface area contributed by atoms with E-state index >= 15 is 0 Å². The fourth-order valence-electron chi connectivity index (χ4n) is 1.79. The Labute approximate surface area is 97.5 Å². The molecule has 3 nitrogen and oxygen atoms in total. The van der Waals surface area contributed by atoms with Gasteiger partial charge in [0.1, 0.15) is 5.65 Å². The smallest absolute Gasteiger partial charge is 0.170 e. The van der Waals surface area contributed by atoms with Crippen molar-refractivity contribution < 1.29 is 4.39 Å². The van der Waals surface area contributed by atoms with Crippen LogP contribution in [0.1, 0.15) is 0 Å². The molecule has 16 heavy (non-hydrogen) atoms. The molecule has 3 aromatic rings. The van der Waals surface area contributed by atoms with Crippen LogP contribution in [0.3, 0.4) is 0 Å². The Bertz CT molecular complexity index is 710. The third-order valence-corrected chi connectivity index (χ3v) is 3.29. The molecule has 0 aromatic carbocycles. The van der Waals surface area contributed by atoms with Crippen LogP contribution in [0.25, 0.3) is 21.9 Å². The minimum atomic E-state index is -0.502. The van der Waals surface area contributed by atoms with Gasteiger partial charge in [0.25, 0.3) is 0 Å². The molecule has 0 saturated heterocycles. The van der Waals surface area contributed by atoms with Crippen LogP contribution >= 0.6 is 21.0 Å². The number of nitrogens with zero attached hydrogens (tertiary/aromatic N) is 3. The highest BCUT2D eigenvalue weighted by atomic mass is 35.5. The molecular formula is C10H6ClFN3P. The van der Waals surface area contributed by atoms with E-state index in [0.717, 1.165) is 5.39 Å². The molecule has 0 aliphatic rings. The number of aromatic nitrogens is 3. The van der Waals surface area contributed by atoms with Crippen LogP contribution in [0.2, 0.25) is 5.15 Å². The van der Waals surface area contributed by atoms with E-state index in [-0.39, 0.29) is 5.15 Å². The van der Waals surface area contributed by atoms with Gasteiger partial charge < -0.3 is 4.34 Å². The second-order valence-corrected chi connectivity index (χ2v) is 4.24. The molecule has 0 saturated carbocycles. The average Bonchev–Trinajstić information content (AvgIpc) is 2.59. The number of hydrogen-bond acceptors (Lipinski definition) is 2. The summed E-state index contributed by atoms with van der Waals surface area (Å²) in [7, 11) is 2.49. The molecule has 0 N–H and O–H groups in total. The highest BCUT2D eigenvalue weighted by Crippen LogP contribution is 2.32. The molecule has 3 rings (SSSR count). The van der Waals surface area contributed by atoms with Crippen molar-refractivity contribution in [1.82, 2.24) is 14.3 Å². The Morgan fingerprint density at radius 3 is 3.00 bits per heavy atom. The molecule has 0 bridgehead atoms. The third-order valence-electron chi connectivity index (χ3n) is 2.50. The average molecular weight is 254 g/mol. The normalized spacial score (nSPS) is 11.4. The van der Waals surface area contributed by atoms with Crippen molar-refractivity contribution in [2.75, 3.05) is 0 Å². The van der Waals surface area contributed by atoms with E-state index in [9.17, 15) is 4.39 Å². The maximum absolute atomic E-state index is 13.9. The zero-order valence-electron chi connectivity index (χ0n) is 7.98. The van der Waals surface area contributed by atoms with Gasteiger partial charge >= 0.3 is 0 Å². The Kier molecular flexibility index (Phi) is 2.09. The Morgan fingerprint density at radius 2 is 2.19 bits per heavy atom. The minimum absolute atomic E-state index is 0.117. The molecule has 0 amide bonds. The van der Waals surface area contributed by atoms with E-state index < -0.39 is 5.82 Å². The highest BCUT2D eigenvalue weighted by Gasteiger charge is 2.15. The van der Waals surface area contributed by atoms with Crippen molar-refractivity contribution in [3.05, 3.63) is 35.5 Å². The molecule has 80 valence electrons. The lowest BCUT2D eigenvalue weighted by Crippen LogP contribution is -1.85. The number of hydrogen-bond donors (Lipinski definition) is 0. The summed E-state index contributed by atoms with van der Waals surface area (Å²) in [5, 5.41) is 1.07. The van der Waals surface area contributed by atoms with E-state index in [0.29, 0.717) is 16.6 Å². The van der Waals surface area contributed by atoms with Crippen LogP contribution in [-0.2, 0) is 0 Å². The zero-order valence-corrected chi connectivity index (χ0v) is 9.89. The van der Waals surface area contributed by atoms with Gasteiger partial charge in [0, 0.05) is 11.6 Å². The van der Waals surface area contributed by atoms with Gasteiger partial charge in [-0.05, 0) is 21.5 Å². The van der Waals surface area contributed by atoms with Crippen LogP contribution < -0.4 is 0 Å². The van der Waals surface area contributed by atoms with Crippen molar-refractivity contribution in [2.24, 2.45) is 0 Å². The fourth-order valence-corrected chi connectivity index (χ4v) is 2.34. The van der Waals surface area contributed by atoms with Crippen LogP contribution in [-0.4, -0.2) is 14.3 Å². The van der Waals surface area contributed by atoms with Crippen molar-refractivity contribution in [2.45, 2.75) is 0 Å². The molecule has 1 atom stereocenters. The summed E-state index contributed by atoms with van der Waals surface area (Å²) >= 11 is 5.67. The van der Waals surface area contributed by atoms with Gasteiger partial charge in [-0.1, -0.05) is 11.6 Å². The van der Waals surface area contributed by atoms with Crippen molar-refractivity contribution in [3.63, 3.8) is 0 Å². The second kappa shape index (κ2) is 3.37. The first-order valence-electron chi connectivity index (χ1n) is 4.54. The maximum atomic E-state index is 13.9. The van der Waals surface area contributed by atoms with E-state index in [4.69, 9.17) is 11.6 Å². The molecule has 0 aliphatic heterocycles. The quantitative estimate of drug-likeness (QED) is 0.455. The molecule has 0 aliphatic carbocycles. The number of fused-ring (bicyclic) bond motifs is 3. The minimum Gasteiger partial charge on any atom is -0.308 e. The summed E-state index contributed by atoms with van der Waals surface area (Å²) in [4.78, 5) is 7.98. The predicted octanol–water partition coefficient (Wildman–Crippen LogP) is 3.02. The SMILES string of the molecule is Fc1c(Cl)ncc2c1c1cccnc1n2P. The molecule has 6 heteroatoms. The van der Waals surface area contributed by atoms with Gasteiger partial charge in [-0.25, -0.2) is 14.4 Å². The standard InChI is InChI=1S/C10H6ClFN3P/c11-9-8(12)7-5-2-1-3-13-10(5)15(16)6(7)4-14-9/h1-4H,16H2. The van der Waals surface area contributed by atoms with Crippen LogP contribution in [0.5, 0.6) is 0 Å². The molecule has 3 heterocycles. The van der Waals surface area contributed by atoms with E-state index in [1.807, 2.05) is 6.07 Å². The molecule has 3 aromatic heterocycles. The van der Waals surface area contributed by atoms with Gasteiger partial charge in [-0.15, -0.1) is 0 Å². The van der Waals surface area contributed by atoms with Crippen molar-refractivity contribution >= 4 is 42.9 Å². The van der Waals surface area contributed by atoms with Gasteiger partial charge in [-0.2, -0.15) is 0 Å². The molecule has 0 spiro atoms. The van der Waals surface area contributed by atoms with Crippen molar-refractivity contribution in [1.29, 1.82) is 0 Å². The van der Waals surface area contributed by atoms with Gasteiger partial charge in [0.05, 0.1) is 17.1 Å². The monoisotopic (exact) mass is 253 g/mol. The summed E-state index contributed by atoms with van der Waals surface area (Å²) in [6.07, 6.45) is 3.20. The molecule has 0 fully saturated rings. The summed E-state index contributed by atoms with van der Waals surface area (Å²) < 4.78 is 15.6. The number of rotatable bonds is 0. The molecule has 1 unspecified atom stereocenters. The summed E-state index contributed by atoms with van der Waals surface area (Å²) in [5.74, 6) is -0.502.